The van der Waals surface area contributed by atoms with Crippen LogP contribution in [0.25, 0.3) is 22.3 Å². The van der Waals surface area contributed by atoms with Crippen molar-refractivity contribution in [1.29, 1.82) is 0 Å². The van der Waals surface area contributed by atoms with Gasteiger partial charge in [-0.3, -0.25) is 4.79 Å². The van der Waals surface area contributed by atoms with Crippen molar-refractivity contribution in [3.8, 4) is 131 Å². The maximum Gasteiger partial charge on any atom is 0.339 e. The Morgan fingerprint density at radius 1 is 0.466 bits per heavy atom. The van der Waals surface area contributed by atoms with Crippen LogP contribution in [-0.2, 0) is 47.9 Å². The van der Waals surface area contributed by atoms with E-state index in [0.717, 1.165) is 0 Å². The van der Waals surface area contributed by atoms with Gasteiger partial charge in [0.25, 0.3) is 5.79 Å². The van der Waals surface area contributed by atoms with E-state index in [4.69, 9.17) is 67.2 Å². The third kappa shape index (κ3) is 8.73. The first kappa shape index (κ1) is 58.3. The fourth-order valence-corrected chi connectivity index (χ4v) is 10.8. The highest BCUT2D eigenvalue weighted by atomic mass is 17.2. The van der Waals surface area contributed by atoms with Gasteiger partial charge in [-0.1, -0.05) is 13.8 Å². The Balaban J connectivity index is 1.05. The van der Waals surface area contributed by atoms with Gasteiger partial charge in [-0.2, -0.15) is 14.7 Å². The van der Waals surface area contributed by atoms with Crippen LogP contribution in [-0.4, -0.2) is 191 Å². The second-order valence-corrected chi connectivity index (χ2v) is 20.7. The molecule has 35 heteroatoms. The van der Waals surface area contributed by atoms with Gasteiger partial charge < -0.3 is 139 Å². The molecule has 12 atom stereocenters. The molecule has 10 bridgehead atoms. The predicted octanol–water partition coefficient (Wildman–Crippen LogP) is 0.00850. The fourth-order valence-electron chi connectivity index (χ4n) is 10.8. The van der Waals surface area contributed by atoms with Gasteiger partial charge in [0.2, 0.25) is 57.9 Å². The van der Waals surface area contributed by atoms with Crippen molar-refractivity contribution >= 4 is 23.7 Å². The molecule has 17 N–H and O–H groups in total. The SMILES string of the molecule is C[C@@H]1C2OC(=O)C3=CC(=O)C(O)(O)C4(O)Oc5c(cc6c(c5O)-c5c(cc(O)c(O)c5O)C(=O)OC5[C@@H](C)[C@@H](OOc7cc(O)c(O)c(O)c7Oc7cc8c(c(O)c7O)-c7c(cc(O)c(O)c7O)OOCC(OC2O)[C@H]1OO8)C(O)O[C@@H]5COC6=O)OC34. The molecule has 2 fully saturated rings. The van der Waals surface area contributed by atoms with E-state index >= 15 is 0 Å². The molecular weight excluding hydrogens is 1200 g/mol. The number of aliphatic hydroxyl groups is 5. The lowest BCUT2D eigenvalue weighted by molar-refractivity contribution is -0.359. The number of aliphatic hydroxyl groups excluding tert-OH is 2. The lowest BCUT2D eigenvalue weighted by atomic mass is 9.82. The molecule has 7 heterocycles. The largest absolute Gasteiger partial charge is 0.504 e. The second-order valence-electron chi connectivity index (χ2n) is 20.7. The highest BCUT2D eigenvalue weighted by Gasteiger charge is 2.69. The predicted molar refractivity (Wildman–Crippen MR) is 268 cm³/mol. The number of fused-ring (bicyclic) bond motifs is 7. The van der Waals surface area contributed by atoms with Crippen LogP contribution < -0.4 is 28.9 Å². The molecule has 0 saturated carbocycles. The van der Waals surface area contributed by atoms with E-state index in [-0.39, 0.29) is 6.08 Å². The third-order valence-corrected chi connectivity index (χ3v) is 15.5. The molecule has 0 amide bonds. The minimum absolute atomic E-state index is 0.200. The minimum Gasteiger partial charge on any atom is -0.504 e. The van der Waals surface area contributed by atoms with Crippen LogP contribution in [0.4, 0.5) is 0 Å². The summed E-state index contributed by atoms with van der Waals surface area (Å²) >= 11 is 0. The summed E-state index contributed by atoms with van der Waals surface area (Å²) in [5.41, 5.74) is -7.16. The van der Waals surface area contributed by atoms with Crippen molar-refractivity contribution in [3.05, 3.63) is 53.1 Å². The molecule has 5 aromatic rings. The minimum atomic E-state index is -4.18. The van der Waals surface area contributed by atoms with E-state index < -0.39 is 264 Å². The third-order valence-electron chi connectivity index (χ3n) is 15.5. The summed E-state index contributed by atoms with van der Waals surface area (Å²) in [5.74, 6) is -41.2. The molecule has 0 spiro atoms. The summed E-state index contributed by atoms with van der Waals surface area (Å²) in [6, 6.07) is 2.88. The average molecular weight is 1240 g/mol. The Kier molecular flexibility index (Phi) is 13.6. The first-order valence-corrected chi connectivity index (χ1v) is 25.6. The fraction of sp³-hybridized carbons (Fsp3) is 0.321. The quantitative estimate of drug-likeness (QED) is 0.0319. The van der Waals surface area contributed by atoms with Gasteiger partial charge in [0.15, 0.2) is 88.0 Å². The number of benzene rings is 5. The second kappa shape index (κ2) is 20.5. The van der Waals surface area contributed by atoms with Crippen LogP contribution in [0.1, 0.15) is 34.6 Å². The highest BCUT2D eigenvalue weighted by molar-refractivity contribution is 6.09. The zero-order valence-corrected chi connectivity index (χ0v) is 44.2. The molecule has 13 rings (SSSR count). The maximum absolute atomic E-state index is 14.6. The molecule has 8 aliphatic rings. The van der Waals surface area contributed by atoms with E-state index in [1.54, 1.807) is 0 Å². The molecule has 35 nitrogen and oxygen atoms in total. The Bertz CT molecular complexity index is 3870. The number of ketones is 1. The Hall–Kier alpha value is -10.1. The summed E-state index contributed by atoms with van der Waals surface area (Å²) in [5, 5.41) is 192. The van der Waals surface area contributed by atoms with Crippen LogP contribution in [0.5, 0.6) is 109 Å². The number of phenolic OH excluding ortho intramolecular Hbond substituents is 12. The van der Waals surface area contributed by atoms with Gasteiger partial charge in [-0.05, 0) is 12.1 Å². The molecule has 1 aliphatic carbocycles. The van der Waals surface area contributed by atoms with Crippen molar-refractivity contribution in [1.82, 2.24) is 0 Å². The van der Waals surface area contributed by atoms with E-state index in [0.29, 0.717) is 30.3 Å². The van der Waals surface area contributed by atoms with E-state index in [1.165, 1.54) is 13.8 Å². The molecule has 0 radical (unpaired) electrons. The molecule has 7 unspecified atom stereocenters. The van der Waals surface area contributed by atoms with Crippen LogP contribution in [0.15, 0.2) is 42.0 Å². The molecule has 466 valence electrons. The normalized spacial score (nSPS) is 28.7. The number of phenols is 12. The number of rotatable bonds is 0. The smallest absolute Gasteiger partial charge is 0.339 e. The van der Waals surface area contributed by atoms with Crippen molar-refractivity contribution in [2.75, 3.05) is 13.2 Å². The molecule has 2 saturated heterocycles. The summed E-state index contributed by atoms with van der Waals surface area (Å²) < 4.78 is 45.6. The van der Waals surface area contributed by atoms with Crippen molar-refractivity contribution in [2.45, 2.75) is 80.7 Å². The Morgan fingerprint density at radius 3 is 1.69 bits per heavy atom. The molecular formula is C53H44O35. The zero-order valence-electron chi connectivity index (χ0n) is 44.2. The number of ether oxygens (including phenoxy) is 8. The molecule has 5 aromatic carbocycles. The number of hydrogen-bond donors (Lipinski definition) is 17. The number of esters is 3. The lowest BCUT2D eigenvalue weighted by Crippen LogP contribution is -2.73. The summed E-state index contributed by atoms with van der Waals surface area (Å²) in [7, 11) is 0. The number of aromatic hydroxyl groups is 12. The van der Waals surface area contributed by atoms with E-state index in [2.05, 4.69) is 0 Å². The first-order valence-electron chi connectivity index (χ1n) is 25.6. The van der Waals surface area contributed by atoms with Crippen LogP contribution in [0, 0.1) is 11.8 Å². The van der Waals surface area contributed by atoms with Gasteiger partial charge in [-0.25, -0.2) is 14.4 Å². The standard InChI is InChI=1S/C53H44O35/c1-11-40-24-9-75-47(67)14-4-22-45(38(65)28(14)27-13(48(68)81-40)3-16(54)31(58)35(27)62)83-53(74)46(78-22)15(5-26(57)52(53,72)73)49(69)82-42-12(2)41-25(80-50(42)70)10-76-84-19-6-17(55)32(59)36(63)29(19)30-20(85-87-41)8-21(34(61)37(30)64)77-44-23(7-18(56)33(60)39(44)66)86-88-43(11)51(71)79-24/h3-8,11-12,24-25,40-43,46,50-51,54-56,58-66,70-74H,9-10H2,1-2H3/t11-,12+,24-,25?,40?,41+,42?,43-,46?,50?,51?,53?/m1/s1. The van der Waals surface area contributed by atoms with Crippen molar-refractivity contribution in [3.63, 3.8) is 0 Å². The van der Waals surface area contributed by atoms with Gasteiger partial charge in [-0.15, -0.1) is 0 Å². The maximum atomic E-state index is 14.6. The monoisotopic (exact) mass is 1240 g/mol. The van der Waals surface area contributed by atoms with Crippen molar-refractivity contribution < 1.29 is 173 Å². The zero-order chi connectivity index (χ0) is 63.2. The first-order chi connectivity index (χ1) is 41.5. The molecule has 7 aliphatic heterocycles. The average Bonchev–Trinajstić information content (AvgIpc) is 0.786. The van der Waals surface area contributed by atoms with Gasteiger partial charge >= 0.3 is 23.7 Å². The van der Waals surface area contributed by atoms with Gasteiger partial charge in [0, 0.05) is 47.2 Å². The molecule has 0 aromatic heterocycles. The van der Waals surface area contributed by atoms with Crippen LogP contribution in [0.3, 0.4) is 0 Å². The summed E-state index contributed by atoms with van der Waals surface area (Å²) in [6.07, 6.45) is -18.0. The Labute approximate surface area is 486 Å². The topological polar surface area (TPSA) is 541 Å². The highest BCUT2D eigenvalue weighted by Crippen LogP contribution is 2.61. The summed E-state index contributed by atoms with van der Waals surface area (Å²) in [4.78, 5) is 90.6. The molecule has 88 heavy (non-hydrogen) atoms. The van der Waals surface area contributed by atoms with Crippen molar-refractivity contribution in [2.24, 2.45) is 11.8 Å². The lowest BCUT2D eigenvalue weighted by Gasteiger charge is -2.48. The van der Waals surface area contributed by atoms with Gasteiger partial charge in [0.1, 0.15) is 37.6 Å². The van der Waals surface area contributed by atoms with E-state index in [9.17, 15) is 106 Å². The van der Waals surface area contributed by atoms with Crippen LogP contribution in [0.2, 0.25) is 0 Å². The summed E-state index contributed by atoms with van der Waals surface area (Å²) in [6.45, 7) is 0.543. The number of hydrogen-bond acceptors (Lipinski definition) is 35. The van der Waals surface area contributed by atoms with Crippen LogP contribution >= 0.6 is 0 Å². The number of carbonyl (C=O) groups is 4. The van der Waals surface area contributed by atoms with Gasteiger partial charge in [0.05, 0.1) is 27.8 Å². The van der Waals surface area contributed by atoms with E-state index in [1.807, 2.05) is 0 Å². The Morgan fingerprint density at radius 2 is 1.00 bits per heavy atom. The number of carbonyl (C=O) groups excluding carboxylic acids is 4.